The Morgan fingerprint density at radius 1 is 1.00 bits per heavy atom. The second-order valence-electron chi connectivity index (χ2n) is 8.35. The van der Waals surface area contributed by atoms with E-state index in [4.69, 9.17) is 0 Å². The van der Waals surface area contributed by atoms with E-state index in [2.05, 4.69) is 25.8 Å². The number of likely N-dealkylation sites (tertiary alicyclic amines) is 1. The second kappa shape index (κ2) is 7.08. The zero-order chi connectivity index (χ0) is 18.2. The smallest absolute Gasteiger partial charge is 0.250 e. The van der Waals surface area contributed by atoms with Gasteiger partial charge in [-0.05, 0) is 30.7 Å². The van der Waals surface area contributed by atoms with Gasteiger partial charge in [-0.2, -0.15) is 0 Å². The standard InChI is InChI=1S/C21H27N5O/c27-21-6-1-2-7-25(21)9-8-24-11-17-13-26(14-18(17)12-24)20-10-19(22-15-23-20)16-4-3-5-16/h1-2,6-7,10,15-18H,3-5,8-9,11-14H2. The summed E-state index contributed by atoms with van der Waals surface area (Å²) in [4.78, 5) is 25.9. The summed E-state index contributed by atoms with van der Waals surface area (Å²) < 4.78 is 1.81. The summed E-state index contributed by atoms with van der Waals surface area (Å²) in [6.45, 7) is 6.17. The largest absolute Gasteiger partial charge is 0.356 e. The van der Waals surface area contributed by atoms with E-state index in [-0.39, 0.29) is 5.56 Å². The van der Waals surface area contributed by atoms with Gasteiger partial charge in [0.05, 0.1) is 0 Å². The highest BCUT2D eigenvalue weighted by atomic mass is 16.1. The molecule has 4 heterocycles. The van der Waals surface area contributed by atoms with Gasteiger partial charge < -0.3 is 14.4 Å². The van der Waals surface area contributed by atoms with Crippen LogP contribution in [0.15, 0.2) is 41.6 Å². The van der Waals surface area contributed by atoms with Crippen LogP contribution >= 0.6 is 0 Å². The fraction of sp³-hybridized carbons (Fsp3) is 0.571. The Morgan fingerprint density at radius 2 is 1.81 bits per heavy atom. The summed E-state index contributed by atoms with van der Waals surface area (Å²) in [7, 11) is 0. The van der Waals surface area contributed by atoms with Crippen molar-refractivity contribution < 1.29 is 0 Å². The monoisotopic (exact) mass is 365 g/mol. The summed E-state index contributed by atoms with van der Waals surface area (Å²) in [5.74, 6) is 3.19. The summed E-state index contributed by atoms with van der Waals surface area (Å²) in [6.07, 6.45) is 7.53. The zero-order valence-corrected chi connectivity index (χ0v) is 15.7. The molecule has 142 valence electrons. The van der Waals surface area contributed by atoms with Crippen molar-refractivity contribution in [2.75, 3.05) is 37.6 Å². The van der Waals surface area contributed by atoms with Gasteiger partial charge in [0, 0.05) is 69.2 Å². The molecule has 2 saturated heterocycles. The van der Waals surface area contributed by atoms with E-state index in [1.54, 1.807) is 18.5 Å². The first-order chi connectivity index (χ1) is 13.3. The minimum Gasteiger partial charge on any atom is -0.356 e. The molecular formula is C21H27N5O. The lowest BCUT2D eigenvalue weighted by Gasteiger charge is -2.26. The molecule has 3 aliphatic rings. The van der Waals surface area contributed by atoms with Crippen LogP contribution in [0.1, 0.15) is 30.9 Å². The lowest BCUT2D eigenvalue weighted by Crippen LogP contribution is -2.33. The Labute approximate surface area is 159 Å². The molecule has 0 amide bonds. The minimum atomic E-state index is 0.0918. The van der Waals surface area contributed by atoms with Gasteiger partial charge in [-0.25, -0.2) is 9.97 Å². The average molecular weight is 365 g/mol. The fourth-order valence-electron chi connectivity index (χ4n) is 4.82. The van der Waals surface area contributed by atoms with Crippen molar-refractivity contribution in [1.82, 2.24) is 19.4 Å². The molecule has 1 saturated carbocycles. The number of hydrogen-bond acceptors (Lipinski definition) is 5. The Balaban J connectivity index is 1.17. The van der Waals surface area contributed by atoms with Crippen LogP contribution < -0.4 is 10.5 Å². The molecule has 1 aliphatic carbocycles. The first-order valence-electron chi connectivity index (χ1n) is 10.2. The van der Waals surface area contributed by atoms with Gasteiger partial charge >= 0.3 is 0 Å². The van der Waals surface area contributed by atoms with E-state index in [0.29, 0.717) is 17.8 Å². The Hall–Kier alpha value is -2.21. The molecule has 6 nitrogen and oxygen atoms in total. The van der Waals surface area contributed by atoms with Gasteiger partial charge in [-0.15, -0.1) is 0 Å². The van der Waals surface area contributed by atoms with Crippen molar-refractivity contribution in [2.24, 2.45) is 11.8 Å². The number of aromatic nitrogens is 3. The predicted octanol–water partition coefficient (Wildman–Crippen LogP) is 1.97. The normalized spacial score (nSPS) is 25.6. The number of pyridine rings is 1. The summed E-state index contributed by atoms with van der Waals surface area (Å²) in [5.41, 5.74) is 1.33. The lowest BCUT2D eigenvalue weighted by molar-refractivity contribution is 0.301. The third kappa shape index (κ3) is 3.38. The first kappa shape index (κ1) is 16.9. The van der Waals surface area contributed by atoms with Gasteiger partial charge in [0.2, 0.25) is 0 Å². The molecule has 2 atom stereocenters. The van der Waals surface area contributed by atoms with E-state index in [9.17, 15) is 4.79 Å². The quantitative estimate of drug-likeness (QED) is 0.811. The maximum atomic E-state index is 11.8. The lowest BCUT2D eigenvalue weighted by atomic mass is 9.83. The summed E-state index contributed by atoms with van der Waals surface area (Å²) >= 11 is 0. The molecule has 27 heavy (non-hydrogen) atoms. The molecular weight excluding hydrogens is 338 g/mol. The first-order valence-corrected chi connectivity index (χ1v) is 10.2. The van der Waals surface area contributed by atoms with Crippen LogP contribution in [0, 0.1) is 11.8 Å². The molecule has 2 aromatic heterocycles. The van der Waals surface area contributed by atoms with Crippen LogP contribution in [-0.2, 0) is 6.54 Å². The predicted molar refractivity (Wildman–Crippen MR) is 105 cm³/mol. The van der Waals surface area contributed by atoms with E-state index in [1.165, 1.54) is 25.0 Å². The van der Waals surface area contributed by atoms with Crippen LogP contribution in [0.4, 0.5) is 5.82 Å². The van der Waals surface area contributed by atoms with Crippen LogP contribution in [0.3, 0.4) is 0 Å². The zero-order valence-electron chi connectivity index (χ0n) is 15.7. The average Bonchev–Trinajstić information content (AvgIpc) is 3.18. The van der Waals surface area contributed by atoms with Crippen LogP contribution in [0.2, 0.25) is 0 Å². The molecule has 0 aromatic carbocycles. The van der Waals surface area contributed by atoms with Gasteiger partial charge in [0.25, 0.3) is 5.56 Å². The number of anilines is 1. The van der Waals surface area contributed by atoms with Crippen molar-refractivity contribution in [3.63, 3.8) is 0 Å². The number of nitrogens with zero attached hydrogens (tertiary/aromatic N) is 5. The van der Waals surface area contributed by atoms with Crippen LogP contribution in [0.25, 0.3) is 0 Å². The topological polar surface area (TPSA) is 54.3 Å². The van der Waals surface area contributed by atoms with Crippen molar-refractivity contribution >= 4 is 5.82 Å². The summed E-state index contributed by atoms with van der Waals surface area (Å²) in [5, 5.41) is 0. The highest BCUT2D eigenvalue weighted by Gasteiger charge is 2.40. The van der Waals surface area contributed by atoms with E-state index < -0.39 is 0 Å². The molecule has 2 aliphatic heterocycles. The van der Waals surface area contributed by atoms with Gasteiger partial charge in [0.15, 0.2) is 0 Å². The number of hydrogen-bond donors (Lipinski definition) is 0. The maximum absolute atomic E-state index is 11.8. The van der Waals surface area contributed by atoms with Crippen molar-refractivity contribution in [3.05, 3.63) is 52.8 Å². The number of fused-ring (bicyclic) bond motifs is 1. The second-order valence-corrected chi connectivity index (χ2v) is 8.35. The third-order valence-corrected chi connectivity index (χ3v) is 6.64. The van der Waals surface area contributed by atoms with E-state index in [0.717, 1.165) is 45.1 Å². The molecule has 0 bridgehead atoms. The van der Waals surface area contributed by atoms with E-state index >= 15 is 0 Å². The fourth-order valence-corrected chi connectivity index (χ4v) is 4.82. The highest BCUT2D eigenvalue weighted by Crippen LogP contribution is 2.37. The minimum absolute atomic E-state index is 0.0918. The molecule has 0 radical (unpaired) electrons. The molecule has 2 aromatic rings. The Morgan fingerprint density at radius 3 is 2.52 bits per heavy atom. The van der Waals surface area contributed by atoms with Gasteiger partial charge in [0.1, 0.15) is 12.1 Å². The highest BCUT2D eigenvalue weighted by molar-refractivity contribution is 5.42. The maximum Gasteiger partial charge on any atom is 0.250 e. The molecule has 6 heteroatoms. The molecule has 2 unspecified atom stereocenters. The number of rotatable bonds is 5. The third-order valence-electron chi connectivity index (χ3n) is 6.64. The van der Waals surface area contributed by atoms with Crippen molar-refractivity contribution in [3.8, 4) is 0 Å². The van der Waals surface area contributed by atoms with Crippen LogP contribution in [0.5, 0.6) is 0 Å². The Kier molecular flexibility index (Phi) is 4.44. The molecule has 5 rings (SSSR count). The van der Waals surface area contributed by atoms with E-state index in [1.807, 2.05) is 16.8 Å². The SMILES string of the molecule is O=c1ccccn1CCN1CC2CN(c3cc(C4CCC4)ncn3)CC2C1. The van der Waals surface area contributed by atoms with Gasteiger partial charge in [-0.3, -0.25) is 4.79 Å². The van der Waals surface area contributed by atoms with Crippen molar-refractivity contribution in [2.45, 2.75) is 31.7 Å². The molecule has 3 fully saturated rings. The van der Waals surface area contributed by atoms with Gasteiger partial charge in [-0.1, -0.05) is 12.5 Å². The van der Waals surface area contributed by atoms with Crippen LogP contribution in [-0.4, -0.2) is 52.2 Å². The molecule has 0 spiro atoms. The van der Waals surface area contributed by atoms with Crippen molar-refractivity contribution in [1.29, 1.82) is 0 Å². The summed E-state index contributed by atoms with van der Waals surface area (Å²) in [6, 6.07) is 7.59. The molecule has 0 N–H and O–H groups in total. The Bertz CT molecular complexity index is 847.